The first-order chi connectivity index (χ1) is 13.8. The molecule has 0 aliphatic rings. The van der Waals surface area contributed by atoms with E-state index in [1.54, 1.807) is 48.5 Å². The molecule has 3 aromatic rings. The summed E-state index contributed by atoms with van der Waals surface area (Å²) in [5.41, 5.74) is 2.83. The third-order valence-electron chi connectivity index (χ3n) is 4.41. The first kappa shape index (κ1) is 21.3. The van der Waals surface area contributed by atoms with E-state index >= 15 is 0 Å². The Morgan fingerprint density at radius 3 is 2.17 bits per heavy atom. The van der Waals surface area contributed by atoms with E-state index in [1.165, 1.54) is 0 Å². The van der Waals surface area contributed by atoms with Crippen LogP contribution in [0.2, 0.25) is 0 Å². The number of para-hydroxylation sites is 1. The van der Waals surface area contributed by atoms with Gasteiger partial charge in [0.05, 0.1) is 10.6 Å². The number of hydrogen-bond acceptors (Lipinski definition) is 3. The molecule has 0 saturated heterocycles. The molecule has 3 aromatic carbocycles. The van der Waals surface area contributed by atoms with Crippen molar-refractivity contribution >= 4 is 49.9 Å². The summed E-state index contributed by atoms with van der Waals surface area (Å²) in [6, 6.07) is 21.1. The fourth-order valence-corrected chi connectivity index (χ4v) is 4.69. The highest BCUT2D eigenvalue weighted by atomic mass is 127. The van der Waals surface area contributed by atoms with Gasteiger partial charge in [-0.15, -0.1) is 0 Å². The van der Waals surface area contributed by atoms with E-state index in [0.717, 1.165) is 19.0 Å². The van der Waals surface area contributed by atoms with Crippen LogP contribution in [0.1, 0.15) is 11.1 Å². The van der Waals surface area contributed by atoms with Gasteiger partial charge in [0.15, 0.2) is 0 Å². The Kier molecular flexibility index (Phi) is 6.59. The fraction of sp³-hybridized carbons (Fsp3) is 0.136. The van der Waals surface area contributed by atoms with Crippen LogP contribution in [0.15, 0.2) is 77.7 Å². The minimum Gasteiger partial charge on any atom is -0.325 e. The van der Waals surface area contributed by atoms with Gasteiger partial charge >= 0.3 is 0 Å². The molecule has 29 heavy (non-hydrogen) atoms. The molecule has 3 rings (SSSR count). The van der Waals surface area contributed by atoms with Crippen molar-refractivity contribution in [3.63, 3.8) is 0 Å². The summed E-state index contributed by atoms with van der Waals surface area (Å²) < 4.78 is 29.0. The predicted molar refractivity (Wildman–Crippen MR) is 125 cm³/mol. The molecule has 0 aliphatic carbocycles. The number of nitrogens with one attached hydrogen (secondary N) is 1. The van der Waals surface area contributed by atoms with E-state index in [4.69, 9.17) is 0 Å². The molecular weight excluding hydrogens is 499 g/mol. The maximum absolute atomic E-state index is 13.4. The third-order valence-corrected chi connectivity index (χ3v) is 6.90. The molecule has 0 atom stereocenters. The van der Waals surface area contributed by atoms with Crippen LogP contribution in [0, 0.1) is 17.4 Å². The number of nitrogens with zero attached hydrogens (tertiary/aromatic N) is 1. The molecule has 7 heteroatoms. The lowest BCUT2D eigenvalue weighted by atomic mass is 10.2. The van der Waals surface area contributed by atoms with E-state index in [9.17, 15) is 13.2 Å². The summed E-state index contributed by atoms with van der Waals surface area (Å²) in [7, 11) is -3.92. The Morgan fingerprint density at radius 1 is 0.931 bits per heavy atom. The summed E-state index contributed by atoms with van der Waals surface area (Å²) in [4.78, 5) is 12.9. The van der Waals surface area contributed by atoms with Gasteiger partial charge in [0.2, 0.25) is 5.91 Å². The number of carbonyl (C=O) groups excluding carboxylic acids is 1. The molecule has 0 radical (unpaired) electrons. The molecular formula is C22H21IN2O3S. The molecule has 0 bridgehead atoms. The van der Waals surface area contributed by atoms with Crippen LogP contribution < -0.4 is 9.62 Å². The zero-order valence-electron chi connectivity index (χ0n) is 16.1. The predicted octanol–water partition coefficient (Wildman–Crippen LogP) is 4.74. The second kappa shape index (κ2) is 8.96. The van der Waals surface area contributed by atoms with Gasteiger partial charge in [-0.25, -0.2) is 8.42 Å². The number of amides is 1. The van der Waals surface area contributed by atoms with Crippen LogP contribution in [0.5, 0.6) is 0 Å². The molecule has 0 spiro atoms. The van der Waals surface area contributed by atoms with E-state index in [-0.39, 0.29) is 11.4 Å². The maximum Gasteiger partial charge on any atom is 0.264 e. The van der Waals surface area contributed by atoms with Crippen molar-refractivity contribution in [1.29, 1.82) is 0 Å². The lowest BCUT2D eigenvalue weighted by molar-refractivity contribution is -0.114. The van der Waals surface area contributed by atoms with Crippen LogP contribution in [0.25, 0.3) is 0 Å². The van der Waals surface area contributed by atoms with Gasteiger partial charge in [-0.05, 0) is 84.5 Å². The van der Waals surface area contributed by atoms with Gasteiger partial charge in [-0.2, -0.15) is 0 Å². The molecule has 0 fully saturated rings. The third kappa shape index (κ3) is 5.16. The first-order valence-corrected chi connectivity index (χ1v) is 11.5. The van der Waals surface area contributed by atoms with Gasteiger partial charge in [0.1, 0.15) is 6.54 Å². The molecule has 0 aromatic heterocycles. The number of halogens is 1. The summed E-state index contributed by atoms with van der Waals surface area (Å²) >= 11 is 2.18. The summed E-state index contributed by atoms with van der Waals surface area (Å²) in [6.07, 6.45) is 0. The summed E-state index contributed by atoms with van der Waals surface area (Å²) in [5, 5.41) is 2.77. The summed E-state index contributed by atoms with van der Waals surface area (Å²) in [5.74, 6) is -0.412. The Hall–Kier alpha value is -2.39. The van der Waals surface area contributed by atoms with Gasteiger partial charge < -0.3 is 5.32 Å². The zero-order valence-corrected chi connectivity index (χ0v) is 19.1. The van der Waals surface area contributed by atoms with Crippen LogP contribution in [-0.2, 0) is 14.8 Å². The van der Waals surface area contributed by atoms with E-state index < -0.39 is 15.9 Å². The summed E-state index contributed by atoms with van der Waals surface area (Å²) in [6.45, 7) is 3.39. The van der Waals surface area contributed by atoms with Crippen LogP contribution in [0.3, 0.4) is 0 Å². The average Bonchev–Trinajstić information content (AvgIpc) is 2.69. The number of sulfonamides is 1. The zero-order chi connectivity index (χ0) is 21.0. The van der Waals surface area contributed by atoms with Crippen molar-refractivity contribution in [3.8, 4) is 0 Å². The van der Waals surface area contributed by atoms with Gasteiger partial charge in [0.25, 0.3) is 10.0 Å². The molecule has 0 saturated carbocycles. The van der Waals surface area contributed by atoms with Crippen molar-refractivity contribution < 1.29 is 13.2 Å². The minimum atomic E-state index is -3.92. The normalized spacial score (nSPS) is 11.1. The molecule has 0 aliphatic heterocycles. The Labute approximate surface area is 184 Å². The van der Waals surface area contributed by atoms with Gasteiger partial charge in [-0.3, -0.25) is 9.10 Å². The number of hydrogen-bond donors (Lipinski definition) is 1. The number of anilines is 2. The molecule has 1 amide bonds. The standard InChI is InChI=1S/C22H21IN2O3S/c1-16-7-13-20(14-8-16)29(27,28)25(21-6-4-3-5-17(21)2)15-22(26)24-19-11-9-18(23)10-12-19/h3-14H,15H2,1-2H3,(H,24,26). The second-order valence-corrected chi connectivity index (χ2v) is 9.77. The van der Waals surface area contributed by atoms with E-state index in [2.05, 4.69) is 27.9 Å². The van der Waals surface area contributed by atoms with Crippen molar-refractivity contribution in [2.24, 2.45) is 0 Å². The lowest BCUT2D eigenvalue weighted by Crippen LogP contribution is -2.38. The van der Waals surface area contributed by atoms with Crippen molar-refractivity contribution in [2.45, 2.75) is 18.7 Å². The molecule has 0 unspecified atom stereocenters. The fourth-order valence-electron chi connectivity index (χ4n) is 2.84. The second-order valence-electron chi connectivity index (χ2n) is 6.67. The number of benzene rings is 3. The highest BCUT2D eigenvalue weighted by molar-refractivity contribution is 14.1. The largest absolute Gasteiger partial charge is 0.325 e. The van der Waals surface area contributed by atoms with E-state index in [1.807, 2.05) is 38.1 Å². The smallest absolute Gasteiger partial charge is 0.264 e. The van der Waals surface area contributed by atoms with Crippen molar-refractivity contribution in [1.82, 2.24) is 0 Å². The molecule has 5 nitrogen and oxygen atoms in total. The number of rotatable bonds is 6. The highest BCUT2D eigenvalue weighted by Crippen LogP contribution is 2.27. The van der Waals surface area contributed by atoms with Crippen LogP contribution >= 0.6 is 22.6 Å². The first-order valence-electron chi connectivity index (χ1n) is 8.98. The topological polar surface area (TPSA) is 66.5 Å². The SMILES string of the molecule is Cc1ccc(S(=O)(=O)N(CC(=O)Nc2ccc(I)cc2)c2ccccc2C)cc1. The van der Waals surface area contributed by atoms with E-state index in [0.29, 0.717) is 11.4 Å². The maximum atomic E-state index is 13.4. The minimum absolute atomic E-state index is 0.147. The Morgan fingerprint density at radius 2 is 1.55 bits per heavy atom. The van der Waals surface area contributed by atoms with Crippen LogP contribution in [0.4, 0.5) is 11.4 Å². The molecule has 0 heterocycles. The Bertz CT molecular complexity index is 1110. The Balaban J connectivity index is 1.95. The van der Waals surface area contributed by atoms with Crippen molar-refractivity contribution in [2.75, 3.05) is 16.2 Å². The number of aryl methyl sites for hydroxylation is 2. The number of carbonyl (C=O) groups is 1. The monoisotopic (exact) mass is 520 g/mol. The van der Waals surface area contributed by atoms with Gasteiger partial charge in [0, 0.05) is 9.26 Å². The lowest BCUT2D eigenvalue weighted by Gasteiger charge is -2.25. The van der Waals surface area contributed by atoms with Crippen LogP contribution in [-0.4, -0.2) is 20.9 Å². The molecule has 1 N–H and O–H groups in total. The quantitative estimate of drug-likeness (QED) is 0.478. The van der Waals surface area contributed by atoms with Gasteiger partial charge in [-0.1, -0.05) is 35.9 Å². The highest BCUT2D eigenvalue weighted by Gasteiger charge is 2.28. The average molecular weight is 520 g/mol. The van der Waals surface area contributed by atoms with Crippen molar-refractivity contribution in [3.05, 3.63) is 87.5 Å². The molecule has 150 valence electrons.